The number of halogens is 1. The quantitative estimate of drug-likeness (QED) is 0.667. The number of morpholine rings is 1. The Morgan fingerprint density at radius 2 is 1.97 bits per heavy atom. The Balaban J connectivity index is 1.35. The first kappa shape index (κ1) is 22.8. The number of nitrogens with one attached hydrogen (secondary N) is 1. The van der Waals surface area contributed by atoms with Gasteiger partial charge in [-0.15, -0.1) is 0 Å². The lowest BCUT2D eigenvalue weighted by Gasteiger charge is -2.42. The molecule has 9 nitrogen and oxygen atoms in total. The molecule has 0 aliphatic carbocycles. The summed E-state index contributed by atoms with van der Waals surface area (Å²) in [5.74, 6) is -0.618. The molecule has 3 heterocycles. The third kappa shape index (κ3) is 5.31. The highest BCUT2D eigenvalue weighted by molar-refractivity contribution is 5.90. The van der Waals surface area contributed by atoms with Gasteiger partial charge in [-0.1, -0.05) is 0 Å². The van der Waals surface area contributed by atoms with Crippen molar-refractivity contribution >= 4 is 23.4 Å². The van der Waals surface area contributed by atoms with Gasteiger partial charge in [0.2, 0.25) is 5.91 Å². The molecule has 0 radical (unpaired) electrons. The molecule has 4 rings (SSSR count). The van der Waals surface area contributed by atoms with E-state index in [4.69, 9.17) is 9.47 Å². The molecule has 3 saturated heterocycles. The Morgan fingerprint density at radius 1 is 1.25 bits per heavy atom. The molecule has 0 aromatic heterocycles. The standard InChI is InChI=1S/C22H31FN4O5/c1-16(28)24-13-18-14-27(21(29)32-18)17-2-3-20(19(23)12-17)26-6-4-22(30,5-7-26)15-25-8-10-31-11-9-25/h2-3,12,18,30H,4-11,13-15H2,1H3,(H,24,28)/t18-/m0/s1. The number of carbonyl (C=O) groups is 2. The molecule has 32 heavy (non-hydrogen) atoms. The molecular formula is C22H31FN4O5. The van der Waals surface area contributed by atoms with Crippen molar-refractivity contribution in [1.29, 1.82) is 0 Å². The third-order valence-electron chi connectivity index (χ3n) is 6.35. The lowest BCUT2D eigenvalue weighted by Crippen LogP contribution is -2.53. The van der Waals surface area contributed by atoms with Gasteiger partial charge < -0.3 is 24.8 Å². The number of hydrogen-bond acceptors (Lipinski definition) is 7. The monoisotopic (exact) mass is 450 g/mol. The van der Waals surface area contributed by atoms with E-state index in [1.54, 1.807) is 12.1 Å². The largest absolute Gasteiger partial charge is 0.442 e. The van der Waals surface area contributed by atoms with Crippen LogP contribution in [-0.4, -0.2) is 92.7 Å². The van der Waals surface area contributed by atoms with Gasteiger partial charge in [-0.05, 0) is 31.0 Å². The second-order valence-corrected chi connectivity index (χ2v) is 8.79. The summed E-state index contributed by atoms with van der Waals surface area (Å²) < 4.78 is 25.6. The van der Waals surface area contributed by atoms with Gasteiger partial charge in [-0.3, -0.25) is 14.6 Å². The summed E-state index contributed by atoms with van der Waals surface area (Å²) >= 11 is 0. The van der Waals surface area contributed by atoms with E-state index in [-0.39, 0.29) is 19.0 Å². The Bertz CT molecular complexity index is 840. The molecule has 3 aliphatic heterocycles. The average molecular weight is 451 g/mol. The van der Waals surface area contributed by atoms with Gasteiger partial charge >= 0.3 is 6.09 Å². The van der Waals surface area contributed by atoms with Crippen LogP contribution in [0.1, 0.15) is 19.8 Å². The Morgan fingerprint density at radius 3 is 2.62 bits per heavy atom. The van der Waals surface area contributed by atoms with Crippen LogP contribution in [0.25, 0.3) is 0 Å². The molecule has 3 fully saturated rings. The van der Waals surface area contributed by atoms with E-state index in [9.17, 15) is 19.1 Å². The summed E-state index contributed by atoms with van der Waals surface area (Å²) in [5.41, 5.74) is 0.110. The van der Waals surface area contributed by atoms with Gasteiger partial charge in [0, 0.05) is 39.6 Å². The molecule has 1 atom stereocenters. The highest BCUT2D eigenvalue weighted by atomic mass is 19.1. The van der Waals surface area contributed by atoms with Crippen LogP contribution in [-0.2, 0) is 14.3 Å². The molecule has 0 bridgehead atoms. The zero-order chi connectivity index (χ0) is 22.7. The van der Waals surface area contributed by atoms with Crippen molar-refractivity contribution < 1.29 is 28.6 Å². The van der Waals surface area contributed by atoms with Crippen LogP contribution in [0, 0.1) is 5.82 Å². The lowest BCUT2D eigenvalue weighted by atomic mass is 9.90. The lowest BCUT2D eigenvalue weighted by molar-refractivity contribution is -0.119. The highest BCUT2D eigenvalue weighted by Crippen LogP contribution is 2.32. The zero-order valence-electron chi connectivity index (χ0n) is 18.4. The number of piperidine rings is 1. The van der Waals surface area contributed by atoms with E-state index < -0.39 is 23.6 Å². The first-order valence-electron chi connectivity index (χ1n) is 11.1. The highest BCUT2D eigenvalue weighted by Gasteiger charge is 2.36. The summed E-state index contributed by atoms with van der Waals surface area (Å²) in [7, 11) is 0. The second kappa shape index (κ2) is 9.60. The normalized spacial score (nSPS) is 23.8. The van der Waals surface area contributed by atoms with Crippen molar-refractivity contribution in [2.75, 3.05) is 68.8 Å². The van der Waals surface area contributed by atoms with E-state index in [1.165, 1.54) is 17.9 Å². The van der Waals surface area contributed by atoms with Gasteiger partial charge in [0.15, 0.2) is 0 Å². The molecule has 2 amide bonds. The Kier molecular flexibility index (Phi) is 6.82. The summed E-state index contributed by atoms with van der Waals surface area (Å²) in [4.78, 5) is 28.8. The maximum atomic E-state index is 15.0. The van der Waals surface area contributed by atoms with E-state index >= 15 is 0 Å². The number of β-amino-alcohol motifs (C(OH)–C–C–N with tert-alkyl or cyclic N) is 1. The van der Waals surface area contributed by atoms with E-state index in [1.807, 2.05) is 4.90 Å². The number of carbonyl (C=O) groups excluding carboxylic acids is 2. The molecule has 3 aliphatic rings. The fraction of sp³-hybridized carbons (Fsp3) is 0.636. The first-order chi connectivity index (χ1) is 15.3. The molecule has 2 N–H and O–H groups in total. The summed E-state index contributed by atoms with van der Waals surface area (Å²) in [6, 6.07) is 4.71. The van der Waals surface area contributed by atoms with Gasteiger partial charge in [-0.25, -0.2) is 9.18 Å². The topological polar surface area (TPSA) is 94.6 Å². The summed E-state index contributed by atoms with van der Waals surface area (Å²) in [6.07, 6.45) is 0.0999. The first-order valence-corrected chi connectivity index (χ1v) is 11.1. The molecule has 0 unspecified atom stereocenters. The van der Waals surface area contributed by atoms with Crippen LogP contribution in [0.4, 0.5) is 20.6 Å². The van der Waals surface area contributed by atoms with Crippen molar-refractivity contribution in [2.45, 2.75) is 31.5 Å². The Labute approximate surface area is 187 Å². The van der Waals surface area contributed by atoms with Crippen molar-refractivity contribution in [2.24, 2.45) is 0 Å². The fourth-order valence-electron chi connectivity index (χ4n) is 4.51. The molecule has 0 saturated carbocycles. The van der Waals surface area contributed by atoms with E-state index in [2.05, 4.69) is 10.2 Å². The minimum absolute atomic E-state index is 0.201. The van der Waals surface area contributed by atoms with Crippen LogP contribution in [0.15, 0.2) is 18.2 Å². The van der Waals surface area contributed by atoms with E-state index in [0.717, 1.165) is 13.1 Å². The minimum Gasteiger partial charge on any atom is -0.442 e. The second-order valence-electron chi connectivity index (χ2n) is 8.79. The number of rotatable bonds is 6. The van der Waals surface area contributed by atoms with Gasteiger partial charge in [-0.2, -0.15) is 0 Å². The predicted molar refractivity (Wildman–Crippen MR) is 116 cm³/mol. The number of aliphatic hydroxyl groups is 1. The van der Waals surface area contributed by atoms with Crippen LogP contribution < -0.4 is 15.1 Å². The third-order valence-corrected chi connectivity index (χ3v) is 6.35. The van der Waals surface area contributed by atoms with Gasteiger partial charge in [0.05, 0.1) is 43.3 Å². The van der Waals surface area contributed by atoms with Crippen molar-refractivity contribution in [3.8, 4) is 0 Å². The Hall–Kier alpha value is -2.43. The average Bonchev–Trinajstić information content (AvgIpc) is 3.14. The smallest absolute Gasteiger partial charge is 0.414 e. The van der Waals surface area contributed by atoms with Crippen LogP contribution in [0.3, 0.4) is 0 Å². The van der Waals surface area contributed by atoms with Crippen molar-refractivity contribution in [1.82, 2.24) is 10.2 Å². The van der Waals surface area contributed by atoms with Crippen LogP contribution in [0.2, 0.25) is 0 Å². The molecule has 176 valence electrons. The molecular weight excluding hydrogens is 419 g/mol. The number of anilines is 2. The van der Waals surface area contributed by atoms with Crippen molar-refractivity contribution in [3.05, 3.63) is 24.0 Å². The van der Waals surface area contributed by atoms with Crippen LogP contribution in [0.5, 0.6) is 0 Å². The number of hydrogen-bond donors (Lipinski definition) is 2. The molecule has 1 aromatic rings. The maximum Gasteiger partial charge on any atom is 0.414 e. The fourth-order valence-corrected chi connectivity index (χ4v) is 4.51. The van der Waals surface area contributed by atoms with Crippen LogP contribution >= 0.6 is 0 Å². The zero-order valence-corrected chi connectivity index (χ0v) is 18.4. The minimum atomic E-state index is -0.771. The number of amides is 2. The molecule has 1 aromatic carbocycles. The SMILES string of the molecule is CC(=O)NC[C@H]1CN(c2ccc(N3CCC(O)(CN4CCOCC4)CC3)c(F)c2)C(=O)O1. The number of nitrogens with zero attached hydrogens (tertiary/aromatic N) is 3. The summed E-state index contributed by atoms with van der Waals surface area (Å²) in [5, 5.41) is 13.6. The molecule has 10 heteroatoms. The maximum absolute atomic E-state index is 15.0. The number of benzene rings is 1. The number of cyclic esters (lactones) is 1. The van der Waals surface area contributed by atoms with Gasteiger partial charge in [0.1, 0.15) is 11.9 Å². The van der Waals surface area contributed by atoms with Crippen molar-refractivity contribution in [3.63, 3.8) is 0 Å². The predicted octanol–water partition coefficient (Wildman–Crippen LogP) is 0.950. The molecule has 0 spiro atoms. The summed E-state index contributed by atoms with van der Waals surface area (Å²) in [6.45, 7) is 6.63. The van der Waals surface area contributed by atoms with Gasteiger partial charge in [0.25, 0.3) is 0 Å². The number of ether oxygens (including phenoxy) is 2. The van der Waals surface area contributed by atoms with E-state index in [0.29, 0.717) is 57.1 Å².